The summed E-state index contributed by atoms with van der Waals surface area (Å²) in [5, 5.41) is 0. The lowest BCUT2D eigenvalue weighted by atomic mass is 9.95. The molecule has 4 nitrogen and oxygen atoms in total. The zero-order chi connectivity index (χ0) is 13.8. The van der Waals surface area contributed by atoms with Crippen molar-refractivity contribution in [2.24, 2.45) is 0 Å². The van der Waals surface area contributed by atoms with Crippen molar-refractivity contribution in [2.75, 3.05) is 6.54 Å². The maximum Gasteiger partial charge on any atom is 0.240 e. The van der Waals surface area contributed by atoms with E-state index in [4.69, 9.17) is 0 Å². The third-order valence-electron chi connectivity index (χ3n) is 2.86. The van der Waals surface area contributed by atoms with Gasteiger partial charge < -0.3 is 0 Å². The van der Waals surface area contributed by atoms with Gasteiger partial charge in [-0.25, -0.2) is 13.1 Å². The lowest BCUT2D eigenvalue weighted by Gasteiger charge is -2.10. The van der Waals surface area contributed by atoms with Crippen LogP contribution >= 0.6 is 0 Å². The Bertz CT molecular complexity index is 506. The van der Waals surface area contributed by atoms with E-state index in [-0.39, 0.29) is 16.6 Å². The molecular formula is C13H19NO3S. The Morgan fingerprint density at radius 1 is 1.22 bits per heavy atom. The molecule has 0 aliphatic heterocycles. The number of hydrogen-bond acceptors (Lipinski definition) is 3. The predicted molar refractivity (Wildman–Crippen MR) is 71.0 cm³/mol. The van der Waals surface area contributed by atoms with E-state index >= 15 is 0 Å². The second-order valence-electron chi connectivity index (χ2n) is 4.11. The molecular weight excluding hydrogens is 250 g/mol. The molecule has 5 heteroatoms. The van der Waals surface area contributed by atoms with Crippen molar-refractivity contribution in [3.05, 3.63) is 29.8 Å². The maximum atomic E-state index is 11.7. The first-order valence-electron chi connectivity index (χ1n) is 6.04. The molecule has 0 aliphatic rings. The Morgan fingerprint density at radius 2 is 1.78 bits per heavy atom. The number of rotatable bonds is 6. The van der Waals surface area contributed by atoms with Crippen molar-refractivity contribution in [1.82, 2.24) is 4.72 Å². The first kappa shape index (κ1) is 14.9. The number of nitrogens with one attached hydrogen (secondary N) is 1. The van der Waals surface area contributed by atoms with Crippen LogP contribution in [0.4, 0.5) is 0 Å². The summed E-state index contributed by atoms with van der Waals surface area (Å²) >= 11 is 0. The van der Waals surface area contributed by atoms with Gasteiger partial charge in [0.15, 0.2) is 0 Å². The highest BCUT2D eigenvalue weighted by Gasteiger charge is 2.16. The van der Waals surface area contributed by atoms with E-state index in [2.05, 4.69) is 4.72 Å². The van der Waals surface area contributed by atoms with Crippen LogP contribution in [0.2, 0.25) is 0 Å². The van der Waals surface area contributed by atoms with Crippen LogP contribution in [0.25, 0.3) is 0 Å². The maximum absolute atomic E-state index is 11.7. The number of ketones is 1. The second-order valence-corrected chi connectivity index (χ2v) is 5.88. The minimum absolute atomic E-state index is 0.150. The Labute approximate surface area is 108 Å². The van der Waals surface area contributed by atoms with Crippen LogP contribution in [0.15, 0.2) is 29.2 Å². The molecule has 1 aromatic rings. The number of benzene rings is 1. The first-order valence-corrected chi connectivity index (χ1v) is 7.53. The number of sulfonamides is 1. The Balaban J connectivity index is 2.97. The number of carbonyl (C=O) groups excluding carboxylic acids is 1. The monoisotopic (exact) mass is 269 g/mol. The molecule has 0 fully saturated rings. The molecule has 0 radical (unpaired) electrons. The van der Waals surface area contributed by atoms with E-state index in [1.54, 1.807) is 19.1 Å². The predicted octanol–water partition coefficient (Wildman–Crippen LogP) is 2.07. The van der Waals surface area contributed by atoms with Gasteiger partial charge in [0.2, 0.25) is 10.0 Å². The van der Waals surface area contributed by atoms with Gasteiger partial charge in [-0.3, -0.25) is 4.79 Å². The molecule has 1 N–H and O–H groups in total. The molecule has 0 amide bonds. The van der Waals surface area contributed by atoms with E-state index < -0.39 is 10.0 Å². The fourth-order valence-corrected chi connectivity index (χ4v) is 2.74. The fraction of sp³-hybridized carbons (Fsp3) is 0.462. The van der Waals surface area contributed by atoms with Gasteiger partial charge >= 0.3 is 0 Å². The van der Waals surface area contributed by atoms with E-state index in [9.17, 15) is 13.2 Å². The summed E-state index contributed by atoms with van der Waals surface area (Å²) in [6, 6.07) is 6.46. The topological polar surface area (TPSA) is 63.2 Å². The Kier molecular flexibility index (Phi) is 5.04. The highest BCUT2D eigenvalue weighted by molar-refractivity contribution is 7.89. The van der Waals surface area contributed by atoms with Gasteiger partial charge in [-0.1, -0.05) is 32.9 Å². The van der Waals surface area contributed by atoms with Crippen molar-refractivity contribution in [2.45, 2.75) is 38.0 Å². The van der Waals surface area contributed by atoms with Crippen molar-refractivity contribution in [1.29, 1.82) is 0 Å². The normalized spacial score (nSPS) is 13.3. The molecule has 0 saturated heterocycles. The largest absolute Gasteiger partial charge is 0.299 e. The summed E-state index contributed by atoms with van der Waals surface area (Å²) in [4.78, 5) is 11.8. The second kappa shape index (κ2) is 6.11. The first-order chi connectivity index (χ1) is 8.42. The van der Waals surface area contributed by atoms with Gasteiger partial charge in [0.1, 0.15) is 5.78 Å². The molecule has 1 aromatic carbocycles. The van der Waals surface area contributed by atoms with Crippen molar-refractivity contribution < 1.29 is 13.2 Å². The zero-order valence-corrected chi connectivity index (χ0v) is 11.8. The molecule has 1 atom stereocenters. The van der Waals surface area contributed by atoms with Crippen LogP contribution in [0, 0.1) is 0 Å². The molecule has 0 aromatic heterocycles. The Hall–Kier alpha value is -1.20. The molecule has 1 rings (SSSR count). The summed E-state index contributed by atoms with van der Waals surface area (Å²) in [5.41, 5.74) is 0.845. The molecule has 18 heavy (non-hydrogen) atoms. The molecule has 1 unspecified atom stereocenters. The van der Waals surface area contributed by atoms with Crippen molar-refractivity contribution in [3.63, 3.8) is 0 Å². The summed E-state index contributed by atoms with van der Waals surface area (Å²) in [6.45, 7) is 5.74. The number of Topliss-reactive ketones (excluding diaryl/α,β-unsaturated/α-hetero) is 1. The van der Waals surface area contributed by atoms with Crippen LogP contribution in [0.3, 0.4) is 0 Å². The third kappa shape index (κ3) is 3.40. The highest BCUT2D eigenvalue weighted by Crippen LogP contribution is 2.19. The Morgan fingerprint density at radius 3 is 2.22 bits per heavy atom. The van der Waals surface area contributed by atoms with E-state index in [0.717, 1.165) is 5.56 Å². The van der Waals surface area contributed by atoms with E-state index in [1.165, 1.54) is 12.1 Å². The summed E-state index contributed by atoms with van der Waals surface area (Å²) in [7, 11) is -3.41. The summed E-state index contributed by atoms with van der Waals surface area (Å²) in [6.07, 6.45) is 0.485. The van der Waals surface area contributed by atoms with Crippen LogP contribution in [0.5, 0.6) is 0 Å². The van der Waals surface area contributed by atoms with Gasteiger partial charge in [-0.05, 0) is 17.7 Å². The molecule has 0 bridgehead atoms. The van der Waals surface area contributed by atoms with Gasteiger partial charge in [-0.15, -0.1) is 0 Å². The number of hydrogen-bond donors (Lipinski definition) is 1. The average Bonchev–Trinajstić information content (AvgIpc) is 2.37. The lowest BCUT2D eigenvalue weighted by molar-refractivity contribution is -0.119. The zero-order valence-electron chi connectivity index (χ0n) is 10.9. The molecule has 0 heterocycles. The third-order valence-corrected chi connectivity index (χ3v) is 4.42. The van der Waals surface area contributed by atoms with Gasteiger partial charge in [0.25, 0.3) is 0 Å². The van der Waals surface area contributed by atoms with Gasteiger partial charge in [-0.2, -0.15) is 0 Å². The molecule has 0 saturated carbocycles. The van der Waals surface area contributed by atoms with Crippen LogP contribution < -0.4 is 4.72 Å². The van der Waals surface area contributed by atoms with E-state index in [0.29, 0.717) is 13.0 Å². The lowest BCUT2D eigenvalue weighted by Crippen LogP contribution is -2.23. The molecule has 0 spiro atoms. The summed E-state index contributed by atoms with van der Waals surface area (Å²) in [5.74, 6) is -0.0387. The average molecular weight is 269 g/mol. The van der Waals surface area contributed by atoms with E-state index in [1.807, 2.05) is 13.8 Å². The summed E-state index contributed by atoms with van der Waals surface area (Å²) < 4.78 is 25.9. The number of carbonyl (C=O) groups is 1. The molecule has 0 aliphatic carbocycles. The van der Waals surface area contributed by atoms with Crippen LogP contribution in [-0.2, 0) is 14.8 Å². The van der Waals surface area contributed by atoms with Crippen LogP contribution in [-0.4, -0.2) is 20.7 Å². The SMILES string of the molecule is CCNS(=O)(=O)c1ccc(C(C)C(=O)CC)cc1. The smallest absolute Gasteiger partial charge is 0.240 e. The minimum Gasteiger partial charge on any atom is -0.299 e. The minimum atomic E-state index is -3.41. The van der Waals surface area contributed by atoms with Crippen molar-refractivity contribution >= 4 is 15.8 Å². The molecule has 100 valence electrons. The highest BCUT2D eigenvalue weighted by atomic mass is 32.2. The standard InChI is InChI=1S/C13H19NO3S/c1-4-13(15)10(3)11-6-8-12(9-7-11)18(16,17)14-5-2/h6-10,14H,4-5H2,1-3H3. The quantitative estimate of drug-likeness (QED) is 0.860. The van der Waals surface area contributed by atoms with Crippen molar-refractivity contribution in [3.8, 4) is 0 Å². The fourth-order valence-electron chi connectivity index (χ4n) is 1.70. The van der Waals surface area contributed by atoms with Gasteiger partial charge in [0.05, 0.1) is 4.90 Å². The van der Waals surface area contributed by atoms with Gasteiger partial charge in [0, 0.05) is 18.9 Å². The van der Waals surface area contributed by atoms with Crippen LogP contribution in [0.1, 0.15) is 38.7 Å².